The number of amides is 1. The second-order valence-electron chi connectivity index (χ2n) is 5.75. The van der Waals surface area contributed by atoms with Crippen LogP contribution in [0.25, 0.3) is 0 Å². The Morgan fingerprint density at radius 1 is 1.46 bits per heavy atom. The number of halogens is 1. The van der Waals surface area contributed by atoms with Gasteiger partial charge >= 0.3 is 5.97 Å². The molecule has 0 saturated carbocycles. The van der Waals surface area contributed by atoms with Gasteiger partial charge in [0.25, 0.3) is 0 Å². The fraction of sp³-hybridized carbons (Fsp3) is 0.471. The molecule has 0 aromatic heterocycles. The minimum Gasteiger partial charge on any atom is -0.469 e. The second kappa shape index (κ2) is 8.67. The first kappa shape index (κ1) is 18.2. The predicted octanol–water partition coefficient (Wildman–Crippen LogP) is 2.57. The number of likely N-dealkylation sites (tertiary alicyclic amines) is 1. The molecule has 0 bridgehead atoms. The van der Waals surface area contributed by atoms with Crippen LogP contribution < -0.4 is 5.32 Å². The number of hydrogen-bond acceptors (Lipinski definition) is 5. The lowest BCUT2D eigenvalue weighted by atomic mass is 9.99. The average Bonchev–Trinajstić information content (AvgIpc) is 2.56. The smallest absolute Gasteiger partial charge is 0.307 e. The first-order valence-electron chi connectivity index (χ1n) is 7.84. The summed E-state index contributed by atoms with van der Waals surface area (Å²) in [6, 6.07) is 6.77. The molecule has 7 heteroatoms. The highest BCUT2D eigenvalue weighted by molar-refractivity contribution is 6.32. The van der Waals surface area contributed by atoms with Crippen molar-refractivity contribution in [1.82, 2.24) is 4.90 Å². The third-order valence-electron chi connectivity index (χ3n) is 4.10. The van der Waals surface area contributed by atoms with Gasteiger partial charge in [-0.15, -0.1) is 0 Å². The van der Waals surface area contributed by atoms with Gasteiger partial charge in [0.1, 0.15) is 6.07 Å². The largest absolute Gasteiger partial charge is 0.469 e. The van der Waals surface area contributed by atoms with Crippen molar-refractivity contribution >= 4 is 29.2 Å². The maximum absolute atomic E-state index is 12.3. The lowest BCUT2D eigenvalue weighted by molar-refractivity contribution is -0.142. The number of nitrogens with zero attached hydrogens (tertiary/aromatic N) is 2. The molecule has 1 amide bonds. The lowest BCUT2D eigenvalue weighted by Gasteiger charge is -2.34. The maximum atomic E-state index is 12.3. The van der Waals surface area contributed by atoms with E-state index in [9.17, 15) is 9.59 Å². The van der Waals surface area contributed by atoms with Crippen LogP contribution in [0.4, 0.5) is 5.69 Å². The number of rotatable bonds is 5. The zero-order valence-electron chi connectivity index (χ0n) is 13.5. The highest BCUT2D eigenvalue weighted by Gasteiger charge is 2.26. The normalized spacial score (nSPS) is 17.8. The van der Waals surface area contributed by atoms with E-state index in [4.69, 9.17) is 21.6 Å². The third-order valence-corrected chi connectivity index (χ3v) is 4.41. The average molecular weight is 350 g/mol. The van der Waals surface area contributed by atoms with Gasteiger partial charge in [0.2, 0.25) is 5.91 Å². The van der Waals surface area contributed by atoms with Crippen molar-refractivity contribution in [2.45, 2.75) is 31.7 Å². The van der Waals surface area contributed by atoms with E-state index in [1.165, 1.54) is 7.11 Å². The Labute approximate surface area is 146 Å². The molecule has 6 nitrogen and oxygen atoms in total. The summed E-state index contributed by atoms with van der Waals surface area (Å²) in [5, 5.41) is 11.9. The Morgan fingerprint density at radius 3 is 2.92 bits per heavy atom. The molecule has 1 atom stereocenters. The van der Waals surface area contributed by atoms with Crippen LogP contribution in [0, 0.1) is 11.3 Å². The maximum Gasteiger partial charge on any atom is 0.307 e. The standard InChI is InChI=1S/C17H20ClN3O3/c1-24-17(23)9-14-4-2-3-7-21(14)11-16(22)20-13-6-5-12(10-19)15(18)8-13/h5-6,8,14H,2-4,7,9,11H2,1H3,(H,20,22)/t14-/m0/s1. The number of nitriles is 1. The summed E-state index contributed by atoms with van der Waals surface area (Å²) in [6.07, 6.45) is 3.23. The predicted molar refractivity (Wildman–Crippen MR) is 90.6 cm³/mol. The Kier molecular flexibility index (Phi) is 6.59. The number of nitrogens with one attached hydrogen (secondary N) is 1. The van der Waals surface area contributed by atoms with E-state index in [1.807, 2.05) is 11.0 Å². The van der Waals surface area contributed by atoms with Crippen LogP contribution in [0.15, 0.2) is 18.2 Å². The van der Waals surface area contributed by atoms with E-state index < -0.39 is 0 Å². The van der Waals surface area contributed by atoms with Crippen molar-refractivity contribution in [3.05, 3.63) is 28.8 Å². The van der Waals surface area contributed by atoms with Gasteiger partial charge in [-0.2, -0.15) is 5.26 Å². The highest BCUT2D eigenvalue weighted by atomic mass is 35.5. The van der Waals surface area contributed by atoms with Crippen LogP contribution in [-0.2, 0) is 14.3 Å². The quantitative estimate of drug-likeness (QED) is 0.826. The number of hydrogen-bond donors (Lipinski definition) is 1. The molecule has 1 fully saturated rings. The van der Waals surface area contributed by atoms with E-state index in [-0.39, 0.29) is 24.5 Å². The molecule has 0 radical (unpaired) electrons. The first-order valence-corrected chi connectivity index (χ1v) is 8.21. The number of benzene rings is 1. The van der Waals surface area contributed by atoms with Crippen LogP contribution in [0.5, 0.6) is 0 Å². The zero-order valence-corrected chi connectivity index (χ0v) is 14.3. The van der Waals surface area contributed by atoms with E-state index in [1.54, 1.807) is 18.2 Å². The molecule has 1 aliphatic heterocycles. The number of carbonyl (C=O) groups is 2. The highest BCUT2D eigenvalue weighted by Crippen LogP contribution is 2.22. The molecule has 1 aromatic rings. The van der Waals surface area contributed by atoms with E-state index >= 15 is 0 Å². The first-order chi connectivity index (χ1) is 11.5. The van der Waals surface area contributed by atoms with Gasteiger partial charge in [-0.25, -0.2) is 0 Å². The van der Waals surface area contributed by atoms with Crippen molar-refractivity contribution < 1.29 is 14.3 Å². The summed E-state index contributed by atoms with van der Waals surface area (Å²) >= 11 is 5.97. The molecule has 1 N–H and O–H groups in total. The molecule has 24 heavy (non-hydrogen) atoms. The molecule has 1 saturated heterocycles. The molecule has 128 valence electrons. The van der Waals surface area contributed by atoms with Crippen LogP contribution in [0.1, 0.15) is 31.2 Å². The Morgan fingerprint density at radius 2 is 2.25 bits per heavy atom. The van der Waals surface area contributed by atoms with Gasteiger partial charge in [0, 0.05) is 11.7 Å². The van der Waals surface area contributed by atoms with Gasteiger partial charge < -0.3 is 10.1 Å². The molecule has 1 aliphatic rings. The summed E-state index contributed by atoms with van der Waals surface area (Å²) in [5.74, 6) is -0.432. The number of piperidine rings is 1. The summed E-state index contributed by atoms with van der Waals surface area (Å²) < 4.78 is 4.73. The fourth-order valence-electron chi connectivity index (χ4n) is 2.84. The monoisotopic (exact) mass is 349 g/mol. The Hall–Kier alpha value is -2.10. The zero-order chi connectivity index (χ0) is 17.5. The number of carbonyl (C=O) groups excluding carboxylic acids is 2. The van der Waals surface area contributed by atoms with Gasteiger partial charge in [-0.05, 0) is 37.6 Å². The van der Waals surface area contributed by atoms with Crippen LogP contribution in [-0.4, -0.2) is 43.0 Å². The number of ether oxygens (including phenoxy) is 1. The van der Waals surface area contributed by atoms with Crippen LogP contribution in [0.2, 0.25) is 5.02 Å². The number of esters is 1. The van der Waals surface area contributed by atoms with Crippen molar-refractivity contribution in [3.8, 4) is 6.07 Å². The topological polar surface area (TPSA) is 82.4 Å². The second-order valence-corrected chi connectivity index (χ2v) is 6.16. The molecule has 0 spiro atoms. The van der Waals surface area contributed by atoms with Crippen molar-refractivity contribution in [1.29, 1.82) is 5.26 Å². The van der Waals surface area contributed by atoms with Crippen molar-refractivity contribution in [2.24, 2.45) is 0 Å². The molecule has 1 aromatic carbocycles. The molecule has 1 heterocycles. The summed E-state index contributed by atoms with van der Waals surface area (Å²) in [6.45, 7) is 0.989. The van der Waals surface area contributed by atoms with Crippen LogP contribution in [0.3, 0.4) is 0 Å². The number of anilines is 1. The van der Waals surface area contributed by atoms with Gasteiger partial charge in [-0.1, -0.05) is 18.0 Å². The van der Waals surface area contributed by atoms with Gasteiger partial charge in [-0.3, -0.25) is 14.5 Å². The minimum atomic E-state index is -0.258. The van der Waals surface area contributed by atoms with E-state index in [2.05, 4.69) is 5.32 Å². The van der Waals surface area contributed by atoms with Gasteiger partial charge in [0.05, 0.1) is 30.7 Å². The molecule has 0 aliphatic carbocycles. The summed E-state index contributed by atoms with van der Waals surface area (Å²) in [4.78, 5) is 25.8. The molecular weight excluding hydrogens is 330 g/mol. The molecule has 0 unspecified atom stereocenters. The third kappa shape index (κ3) is 4.95. The van der Waals surface area contributed by atoms with E-state index in [0.717, 1.165) is 25.8 Å². The summed E-state index contributed by atoms with van der Waals surface area (Å²) in [7, 11) is 1.37. The SMILES string of the molecule is COC(=O)C[C@@H]1CCCCN1CC(=O)Nc1ccc(C#N)c(Cl)c1. The van der Waals surface area contributed by atoms with Crippen molar-refractivity contribution in [3.63, 3.8) is 0 Å². The summed E-state index contributed by atoms with van der Waals surface area (Å²) in [5.41, 5.74) is 0.911. The lowest BCUT2D eigenvalue weighted by Crippen LogP contribution is -2.45. The number of methoxy groups -OCH3 is 1. The Bertz CT molecular complexity index is 657. The molecular formula is C17H20ClN3O3. The van der Waals surface area contributed by atoms with Crippen LogP contribution >= 0.6 is 11.6 Å². The minimum absolute atomic E-state index is 0.0292. The van der Waals surface area contributed by atoms with Gasteiger partial charge in [0.15, 0.2) is 0 Å². The Balaban J connectivity index is 1.96. The van der Waals surface area contributed by atoms with Crippen molar-refractivity contribution in [2.75, 3.05) is 25.5 Å². The van der Waals surface area contributed by atoms with E-state index in [0.29, 0.717) is 22.7 Å². The molecule has 2 rings (SSSR count). The fourth-order valence-corrected chi connectivity index (χ4v) is 3.07.